The molecule has 0 saturated carbocycles. The average Bonchev–Trinajstić information content (AvgIpc) is 2.49. The summed E-state index contributed by atoms with van der Waals surface area (Å²) >= 11 is 0. The van der Waals surface area contributed by atoms with E-state index in [1.807, 2.05) is 20.8 Å². The summed E-state index contributed by atoms with van der Waals surface area (Å²) in [6.07, 6.45) is 0.604. The van der Waals surface area contributed by atoms with E-state index in [0.717, 1.165) is 0 Å². The van der Waals surface area contributed by atoms with Crippen LogP contribution in [0.5, 0.6) is 0 Å². The Kier molecular flexibility index (Phi) is 4.91. The molecule has 0 aromatic rings. The SMILES string of the molecule is CCOC(C)(C)CCC(=O)ON1C(=O)CC(C)(C)C1=O. The number of hydrogen-bond donors (Lipinski definition) is 0. The normalized spacial score (nSPS) is 18.6. The van der Waals surface area contributed by atoms with Crippen LogP contribution in [0.25, 0.3) is 0 Å². The van der Waals surface area contributed by atoms with E-state index < -0.39 is 28.8 Å². The van der Waals surface area contributed by atoms with Gasteiger partial charge in [-0.05, 0) is 27.2 Å². The molecule has 0 atom stereocenters. The Morgan fingerprint density at radius 3 is 2.40 bits per heavy atom. The Hall–Kier alpha value is -1.43. The molecule has 1 rings (SSSR count). The molecule has 0 spiro atoms. The van der Waals surface area contributed by atoms with Gasteiger partial charge in [-0.15, -0.1) is 5.06 Å². The molecule has 0 bridgehead atoms. The summed E-state index contributed by atoms with van der Waals surface area (Å²) < 4.78 is 5.47. The second-order valence-electron chi connectivity index (χ2n) is 6.21. The number of ether oxygens (including phenoxy) is 1. The van der Waals surface area contributed by atoms with Crippen molar-refractivity contribution in [3.05, 3.63) is 0 Å². The van der Waals surface area contributed by atoms with E-state index >= 15 is 0 Å². The van der Waals surface area contributed by atoms with E-state index in [1.54, 1.807) is 13.8 Å². The van der Waals surface area contributed by atoms with Crippen molar-refractivity contribution in [1.29, 1.82) is 0 Å². The minimum atomic E-state index is -0.804. The van der Waals surface area contributed by atoms with Crippen LogP contribution in [-0.4, -0.2) is 35.1 Å². The highest BCUT2D eigenvalue weighted by atomic mass is 16.7. The third-order valence-corrected chi connectivity index (χ3v) is 3.24. The molecule has 1 aliphatic rings. The number of hydrogen-bond acceptors (Lipinski definition) is 5. The fraction of sp³-hybridized carbons (Fsp3) is 0.786. The first-order valence-corrected chi connectivity index (χ1v) is 6.81. The van der Waals surface area contributed by atoms with Crippen LogP contribution in [-0.2, 0) is 24.0 Å². The Morgan fingerprint density at radius 2 is 1.95 bits per heavy atom. The minimum absolute atomic E-state index is 0.0591. The van der Waals surface area contributed by atoms with Gasteiger partial charge in [0.2, 0.25) is 0 Å². The van der Waals surface area contributed by atoms with Gasteiger partial charge in [-0.3, -0.25) is 9.59 Å². The monoisotopic (exact) mass is 285 g/mol. The summed E-state index contributed by atoms with van der Waals surface area (Å²) in [6.45, 7) is 9.49. The fourth-order valence-electron chi connectivity index (χ4n) is 2.02. The predicted octanol–water partition coefficient (Wildman–Crippen LogP) is 1.82. The molecular formula is C14H23NO5. The van der Waals surface area contributed by atoms with E-state index in [1.165, 1.54) is 0 Å². The lowest BCUT2D eigenvalue weighted by Crippen LogP contribution is -2.36. The van der Waals surface area contributed by atoms with Gasteiger partial charge in [-0.25, -0.2) is 4.79 Å². The van der Waals surface area contributed by atoms with Crippen LogP contribution < -0.4 is 0 Å². The van der Waals surface area contributed by atoms with Gasteiger partial charge in [-0.1, -0.05) is 13.8 Å². The van der Waals surface area contributed by atoms with Gasteiger partial charge in [0.15, 0.2) is 0 Å². The van der Waals surface area contributed by atoms with Crippen LogP contribution in [0.2, 0.25) is 0 Å². The maximum absolute atomic E-state index is 11.9. The molecule has 1 fully saturated rings. The molecule has 6 nitrogen and oxygen atoms in total. The van der Waals surface area contributed by atoms with Crippen LogP contribution in [0, 0.1) is 5.41 Å². The van der Waals surface area contributed by atoms with Gasteiger partial charge in [0.05, 0.1) is 17.4 Å². The van der Waals surface area contributed by atoms with Crippen LogP contribution in [0.4, 0.5) is 0 Å². The molecule has 6 heteroatoms. The molecule has 0 aliphatic carbocycles. The number of imide groups is 1. The van der Waals surface area contributed by atoms with Crippen LogP contribution in [0.15, 0.2) is 0 Å². The van der Waals surface area contributed by atoms with E-state index in [9.17, 15) is 14.4 Å². The van der Waals surface area contributed by atoms with Crippen molar-refractivity contribution in [3.63, 3.8) is 0 Å². The molecule has 1 heterocycles. The Bertz CT molecular complexity index is 414. The zero-order chi connectivity index (χ0) is 15.6. The number of rotatable bonds is 6. The first-order chi connectivity index (χ1) is 9.09. The summed E-state index contributed by atoms with van der Waals surface area (Å²) in [7, 11) is 0. The Labute approximate surface area is 119 Å². The first-order valence-electron chi connectivity index (χ1n) is 6.81. The van der Waals surface area contributed by atoms with Gasteiger partial charge in [0.25, 0.3) is 11.8 Å². The maximum Gasteiger partial charge on any atom is 0.333 e. The highest BCUT2D eigenvalue weighted by Gasteiger charge is 2.47. The van der Waals surface area contributed by atoms with E-state index in [2.05, 4.69) is 0 Å². The summed E-state index contributed by atoms with van der Waals surface area (Å²) in [4.78, 5) is 40.1. The van der Waals surface area contributed by atoms with Crippen molar-refractivity contribution in [2.75, 3.05) is 6.61 Å². The van der Waals surface area contributed by atoms with Gasteiger partial charge in [0.1, 0.15) is 0 Å². The lowest BCUT2D eigenvalue weighted by Gasteiger charge is -2.24. The van der Waals surface area contributed by atoms with Crippen molar-refractivity contribution >= 4 is 17.8 Å². The zero-order valence-corrected chi connectivity index (χ0v) is 12.8. The van der Waals surface area contributed by atoms with Crippen molar-refractivity contribution in [2.45, 2.75) is 59.5 Å². The van der Waals surface area contributed by atoms with Crippen molar-refractivity contribution < 1.29 is 24.0 Å². The fourth-order valence-corrected chi connectivity index (χ4v) is 2.02. The molecule has 0 N–H and O–H groups in total. The number of amides is 2. The first kappa shape index (κ1) is 16.6. The average molecular weight is 285 g/mol. The van der Waals surface area contributed by atoms with Gasteiger partial charge in [-0.2, -0.15) is 0 Å². The number of carbonyl (C=O) groups excluding carboxylic acids is 3. The molecule has 114 valence electrons. The van der Waals surface area contributed by atoms with Gasteiger partial charge in [0, 0.05) is 13.0 Å². The molecule has 20 heavy (non-hydrogen) atoms. The molecule has 0 unspecified atom stereocenters. The van der Waals surface area contributed by atoms with E-state index in [-0.39, 0.29) is 12.8 Å². The highest BCUT2D eigenvalue weighted by Crippen LogP contribution is 2.32. The summed E-state index contributed by atoms with van der Waals surface area (Å²) in [5.41, 5.74) is -1.24. The lowest BCUT2D eigenvalue weighted by molar-refractivity contribution is -0.199. The van der Waals surface area contributed by atoms with Gasteiger partial charge >= 0.3 is 5.97 Å². The largest absolute Gasteiger partial charge is 0.376 e. The molecule has 0 radical (unpaired) electrons. The van der Waals surface area contributed by atoms with Crippen LogP contribution in [0.3, 0.4) is 0 Å². The Morgan fingerprint density at radius 1 is 1.35 bits per heavy atom. The summed E-state index contributed by atoms with van der Waals surface area (Å²) in [5, 5.41) is 0.593. The number of carbonyl (C=O) groups is 3. The third kappa shape index (κ3) is 4.03. The van der Waals surface area contributed by atoms with Crippen molar-refractivity contribution in [3.8, 4) is 0 Å². The number of nitrogens with zero attached hydrogens (tertiary/aromatic N) is 1. The molecule has 2 amide bonds. The maximum atomic E-state index is 11.9. The van der Waals surface area contributed by atoms with Gasteiger partial charge < -0.3 is 9.57 Å². The zero-order valence-electron chi connectivity index (χ0n) is 12.8. The molecular weight excluding hydrogens is 262 g/mol. The standard InChI is InChI=1S/C14H23NO5/c1-6-19-14(4,5)8-7-11(17)20-15-10(16)9-13(2,3)12(15)18/h6-9H2,1-5H3. The molecule has 0 aromatic carbocycles. The molecule has 1 saturated heterocycles. The van der Waals surface area contributed by atoms with Crippen molar-refractivity contribution in [1.82, 2.24) is 5.06 Å². The van der Waals surface area contributed by atoms with E-state index in [0.29, 0.717) is 18.1 Å². The second kappa shape index (κ2) is 5.91. The summed E-state index contributed by atoms with van der Waals surface area (Å²) in [5.74, 6) is -1.55. The quantitative estimate of drug-likeness (QED) is 0.696. The smallest absolute Gasteiger partial charge is 0.333 e. The second-order valence-corrected chi connectivity index (χ2v) is 6.21. The lowest BCUT2D eigenvalue weighted by atomic mass is 9.92. The minimum Gasteiger partial charge on any atom is -0.376 e. The van der Waals surface area contributed by atoms with Crippen LogP contribution >= 0.6 is 0 Å². The van der Waals surface area contributed by atoms with E-state index in [4.69, 9.17) is 9.57 Å². The molecule has 1 aliphatic heterocycles. The predicted molar refractivity (Wildman–Crippen MR) is 71.3 cm³/mol. The third-order valence-electron chi connectivity index (χ3n) is 3.24. The van der Waals surface area contributed by atoms with Crippen molar-refractivity contribution in [2.24, 2.45) is 5.41 Å². The number of hydroxylamine groups is 2. The molecule has 0 aromatic heterocycles. The Balaban J connectivity index is 2.52. The van der Waals surface area contributed by atoms with Crippen LogP contribution in [0.1, 0.15) is 53.9 Å². The summed E-state index contributed by atoms with van der Waals surface area (Å²) in [6, 6.07) is 0. The highest BCUT2D eigenvalue weighted by molar-refractivity contribution is 6.05. The topological polar surface area (TPSA) is 72.9 Å².